The fraction of sp³-hybridized carbons (Fsp3) is 0.238. The number of rotatable bonds is 4. The highest BCUT2D eigenvalue weighted by Gasteiger charge is 2.26. The van der Waals surface area contributed by atoms with E-state index in [0.717, 1.165) is 42.0 Å². The van der Waals surface area contributed by atoms with Gasteiger partial charge in [0, 0.05) is 61.7 Å². The third-order valence-corrected chi connectivity index (χ3v) is 5.02. The molecule has 1 aliphatic rings. The van der Waals surface area contributed by atoms with Gasteiger partial charge in [0.15, 0.2) is 0 Å². The molecule has 0 saturated carbocycles. The molecule has 1 fully saturated rings. The van der Waals surface area contributed by atoms with Crippen molar-refractivity contribution in [3.05, 3.63) is 78.6 Å². The first kappa shape index (κ1) is 17.0. The molecule has 1 aliphatic heterocycles. The summed E-state index contributed by atoms with van der Waals surface area (Å²) < 4.78 is 7.85. The summed E-state index contributed by atoms with van der Waals surface area (Å²) in [4.78, 5) is 10.8. The minimum Gasteiger partial charge on any atom is -0.369 e. The molecule has 7 heteroatoms. The number of hydrogen-bond acceptors (Lipinski definition) is 6. The van der Waals surface area contributed by atoms with E-state index in [9.17, 15) is 0 Å². The SMILES string of the molecule is c1cncc(CN2CCO[C@@H](c3nnn4cc(-c5cccnc5)ccc34)C2)c1. The van der Waals surface area contributed by atoms with Crippen LogP contribution in [-0.2, 0) is 11.3 Å². The quantitative estimate of drug-likeness (QED) is 0.549. The first-order valence-electron chi connectivity index (χ1n) is 9.35. The van der Waals surface area contributed by atoms with E-state index in [1.807, 2.05) is 41.3 Å². The van der Waals surface area contributed by atoms with Crippen LogP contribution in [0.4, 0.5) is 0 Å². The summed E-state index contributed by atoms with van der Waals surface area (Å²) in [7, 11) is 0. The Morgan fingerprint density at radius 3 is 2.71 bits per heavy atom. The minimum absolute atomic E-state index is 0.0906. The van der Waals surface area contributed by atoms with Crippen LogP contribution in [0.5, 0.6) is 0 Å². The zero-order chi connectivity index (χ0) is 18.8. The average Bonchev–Trinajstić information content (AvgIpc) is 3.19. The molecule has 0 aromatic carbocycles. The predicted molar refractivity (Wildman–Crippen MR) is 104 cm³/mol. The van der Waals surface area contributed by atoms with Crippen LogP contribution in [0.25, 0.3) is 16.6 Å². The van der Waals surface area contributed by atoms with Crippen molar-refractivity contribution in [3.8, 4) is 11.1 Å². The predicted octanol–water partition coefficient (Wildman–Crippen LogP) is 2.76. The van der Waals surface area contributed by atoms with Crippen LogP contribution in [0, 0.1) is 0 Å². The highest BCUT2D eigenvalue weighted by Crippen LogP contribution is 2.27. The molecule has 1 atom stereocenters. The van der Waals surface area contributed by atoms with Crippen LogP contribution < -0.4 is 0 Å². The van der Waals surface area contributed by atoms with Crippen molar-refractivity contribution in [2.24, 2.45) is 0 Å². The molecule has 0 bridgehead atoms. The van der Waals surface area contributed by atoms with Crippen molar-refractivity contribution in [1.82, 2.24) is 29.7 Å². The minimum atomic E-state index is -0.0906. The van der Waals surface area contributed by atoms with Gasteiger partial charge in [-0.1, -0.05) is 23.4 Å². The second-order valence-electron chi connectivity index (χ2n) is 6.92. The zero-order valence-electron chi connectivity index (χ0n) is 15.3. The molecular weight excluding hydrogens is 352 g/mol. The van der Waals surface area contributed by atoms with Crippen LogP contribution in [0.15, 0.2) is 67.4 Å². The van der Waals surface area contributed by atoms with Crippen molar-refractivity contribution < 1.29 is 4.74 Å². The first-order chi connectivity index (χ1) is 13.9. The van der Waals surface area contributed by atoms with Crippen molar-refractivity contribution in [2.45, 2.75) is 12.6 Å². The molecule has 28 heavy (non-hydrogen) atoms. The van der Waals surface area contributed by atoms with Crippen LogP contribution >= 0.6 is 0 Å². The van der Waals surface area contributed by atoms with E-state index >= 15 is 0 Å². The third kappa shape index (κ3) is 3.37. The summed E-state index contributed by atoms with van der Waals surface area (Å²) >= 11 is 0. The first-order valence-corrected chi connectivity index (χ1v) is 9.35. The zero-order valence-corrected chi connectivity index (χ0v) is 15.3. The van der Waals surface area contributed by atoms with Crippen LogP contribution in [0.1, 0.15) is 17.4 Å². The Balaban J connectivity index is 1.38. The number of hydrogen-bond donors (Lipinski definition) is 0. The molecule has 5 heterocycles. The number of ether oxygens (including phenoxy) is 1. The molecule has 0 N–H and O–H groups in total. The van der Waals surface area contributed by atoms with Gasteiger partial charge in [0.05, 0.1) is 12.1 Å². The van der Waals surface area contributed by atoms with E-state index in [1.54, 1.807) is 12.4 Å². The average molecular weight is 372 g/mol. The monoisotopic (exact) mass is 372 g/mol. The topological polar surface area (TPSA) is 68.4 Å². The highest BCUT2D eigenvalue weighted by molar-refractivity contribution is 5.65. The van der Waals surface area contributed by atoms with Crippen LogP contribution in [-0.4, -0.2) is 49.4 Å². The summed E-state index contributed by atoms with van der Waals surface area (Å²) in [6.45, 7) is 3.22. The van der Waals surface area contributed by atoms with Crippen molar-refractivity contribution in [3.63, 3.8) is 0 Å². The maximum absolute atomic E-state index is 6.03. The molecule has 0 unspecified atom stereocenters. The lowest BCUT2D eigenvalue weighted by molar-refractivity contribution is -0.0343. The van der Waals surface area contributed by atoms with Gasteiger partial charge < -0.3 is 4.74 Å². The molecule has 4 aromatic rings. The van der Waals surface area contributed by atoms with Gasteiger partial charge in [-0.05, 0) is 23.8 Å². The van der Waals surface area contributed by atoms with E-state index in [4.69, 9.17) is 4.74 Å². The standard InChI is InChI=1S/C21H20N6O/c1-3-16(11-22-7-1)13-26-9-10-28-20(15-26)21-19-6-5-18(14-27(19)25-24-21)17-4-2-8-23-12-17/h1-8,11-12,14,20H,9-10,13,15H2/t20-/m1/s1. The number of fused-ring (bicyclic) bond motifs is 1. The van der Waals surface area contributed by atoms with E-state index in [0.29, 0.717) is 6.61 Å². The second-order valence-corrected chi connectivity index (χ2v) is 6.92. The Morgan fingerprint density at radius 1 is 1.00 bits per heavy atom. The highest BCUT2D eigenvalue weighted by atomic mass is 16.5. The lowest BCUT2D eigenvalue weighted by Gasteiger charge is -2.32. The van der Waals surface area contributed by atoms with Crippen molar-refractivity contribution in [1.29, 1.82) is 0 Å². The third-order valence-electron chi connectivity index (χ3n) is 5.02. The number of aromatic nitrogens is 5. The molecule has 140 valence electrons. The summed E-state index contributed by atoms with van der Waals surface area (Å²) in [6.07, 6.45) is 9.23. The fourth-order valence-corrected chi connectivity index (χ4v) is 3.61. The summed E-state index contributed by atoms with van der Waals surface area (Å²) in [5.74, 6) is 0. The molecule has 0 aliphatic carbocycles. The Labute approximate surface area is 162 Å². The van der Waals surface area contributed by atoms with Crippen LogP contribution in [0.2, 0.25) is 0 Å². The molecule has 0 radical (unpaired) electrons. The molecule has 5 rings (SSSR count). The molecule has 0 amide bonds. The van der Waals surface area contributed by atoms with Gasteiger partial charge in [-0.3, -0.25) is 14.9 Å². The fourth-order valence-electron chi connectivity index (χ4n) is 3.61. The van der Waals surface area contributed by atoms with Gasteiger partial charge in [-0.25, -0.2) is 4.52 Å². The van der Waals surface area contributed by atoms with E-state index in [-0.39, 0.29) is 6.10 Å². The van der Waals surface area contributed by atoms with Gasteiger partial charge in [-0.2, -0.15) is 0 Å². The number of pyridine rings is 3. The Bertz CT molecular complexity index is 1070. The van der Waals surface area contributed by atoms with Gasteiger partial charge in [0.25, 0.3) is 0 Å². The van der Waals surface area contributed by atoms with Gasteiger partial charge >= 0.3 is 0 Å². The van der Waals surface area contributed by atoms with Crippen molar-refractivity contribution >= 4 is 5.52 Å². The van der Waals surface area contributed by atoms with Gasteiger partial charge in [0.1, 0.15) is 11.8 Å². The van der Waals surface area contributed by atoms with E-state index in [2.05, 4.69) is 43.4 Å². The largest absolute Gasteiger partial charge is 0.369 e. The van der Waals surface area contributed by atoms with Crippen molar-refractivity contribution in [2.75, 3.05) is 19.7 Å². The molecule has 0 spiro atoms. The van der Waals surface area contributed by atoms with E-state index < -0.39 is 0 Å². The van der Waals surface area contributed by atoms with E-state index in [1.165, 1.54) is 5.56 Å². The summed E-state index contributed by atoms with van der Waals surface area (Å²) in [5.41, 5.74) is 5.17. The Kier molecular flexibility index (Phi) is 4.52. The van der Waals surface area contributed by atoms with Gasteiger partial charge in [0.2, 0.25) is 0 Å². The number of nitrogens with zero attached hydrogens (tertiary/aromatic N) is 6. The lowest BCUT2D eigenvalue weighted by atomic mass is 10.1. The normalized spacial score (nSPS) is 17.8. The second kappa shape index (κ2) is 7.46. The smallest absolute Gasteiger partial charge is 0.121 e. The van der Waals surface area contributed by atoms with Gasteiger partial charge in [-0.15, -0.1) is 5.10 Å². The summed E-state index contributed by atoms with van der Waals surface area (Å²) in [6, 6.07) is 12.2. The maximum atomic E-state index is 6.03. The number of morpholine rings is 1. The van der Waals surface area contributed by atoms with Crippen LogP contribution in [0.3, 0.4) is 0 Å². The maximum Gasteiger partial charge on any atom is 0.121 e. The summed E-state index contributed by atoms with van der Waals surface area (Å²) in [5, 5.41) is 8.76. The Morgan fingerprint density at radius 2 is 1.89 bits per heavy atom. The molecule has 7 nitrogen and oxygen atoms in total. The molecule has 4 aromatic heterocycles. The molecule has 1 saturated heterocycles. The lowest BCUT2D eigenvalue weighted by Crippen LogP contribution is -2.38. The Hall–Kier alpha value is -3.16. The molecular formula is C21H20N6O.